The van der Waals surface area contributed by atoms with Gasteiger partial charge in [-0.3, -0.25) is 9.59 Å². The van der Waals surface area contributed by atoms with Gasteiger partial charge in [0.1, 0.15) is 5.75 Å². The van der Waals surface area contributed by atoms with Crippen molar-refractivity contribution >= 4 is 17.5 Å². The number of amides is 2. The molecule has 0 saturated carbocycles. The van der Waals surface area contributed by atoms with Gasteiger partial charge in [0.25, 0.3) is 11.8 Å². The van der Waals surface area contributed by atoms with Crippen LogP contribution in [-0.4, -0.2) is 18.4 Å². The Morgan fingerprint density at radius 1 is 0.833 bits per heavy atom. The molecule has 5 nitrogen and oxygen atoms in total. The number of rotatable bonds is 8. The van der Waals surface area contributed by atoms with E-state index < -0.39 is 0 Å². The molecule has 5 heteroatoms. The van der Waals surface area contributed by atoms with Crippen molar-refractivity contribution < 1.29 is 14.3 Å². The molecule has 154 valence electrons. The molecule has 0 aliphatic rings. The number of hydrogen-bond acceptors (Lipinski definition) is 3. The van der Waals surface area contributed by atoms with Gasteiger partial charge in [-0.2, -0.15) is 0 Å². The fourth-order valence-electron chi connectivity index (χ4n) is 2.79. The van der Waals surface area contributed by atoms with Crippen LogP contribution < -0.4 is 15.4 Å². The molecule has 2 N–H and O–H groups in total. The highest BCUT2D eigenvalue weighted by Gasteiger charge is 2.10. The van der Waals surface area contributed by atoms with Crippen molar-refractivity contribution in [3.8, 4) is 5.75 Å². The van der Waals surface area contributed by atoms with Crippen molar-refractivity contribution in [2.45, 2.75) is 20.4 Å². The van der Waals surface area contributed by atoms with Crippen LogP contribution in [-0.2, 0) is 6.54 Å². The zero-order valence-electron chi connectivity index (χ0n) is 17.2. The van der Waals surface area contributed by atoms with Crippen LogP contribution in [0.25, 0.3) is 0 Å². The molecule has 3 rings (SSSR count). The van der Waals surface area contributed by atoms with Crippen LogP contribution in [0.15, 0.2) is 78.9 Å². The fourth-order valence-corrected chi connectivity index (χ4v) is 2.79. The zero-order valence-corrected chi connectivity index (χ0v) is 17.2. The highest BCUT2D eigenvalue weighted by atomic mass is 16.5. The van der Waals surface area contributed by atoms with Gasteiger partial charge < -0.3 is 15.4 Å². The highest BCUT2D eigenvalue weighted by Crippen LogP contribution is 2.16. The quantitative estimate of drug-likeness (QED) is 0.563. The summed E-state index contributed by atoms with van der Waals surface area (Å²) in [6.07, 6.45) is 0. The van der Waals surface area contributed by atoms with Gasteiger partial charge in [0, 0.05) is 23.4 Å². The van der Waals surface area contributed by atoms with E-state index in [1.807, 2.05) is 30.3 Å². The van der Waals surface area contributed by atoms with Gasteiger partial charge in [0.05, 0.1) is 6.61 Å². The molecule has 0 saturated heterocycles. The maximum atomic E-state index is 12.5. The summed E-state index contributed by atoms with van der Waals surface area (Å²) in [6.45, 7) is 5.24. The molecule has 0 fully saturated rings. The Morgan fingerprint density at radius 2 is 1.57 bits per heavy atom. The van der Waals surface area contributed by atoms with E-state index in [1.54, 1.807) is 48.5 Å². The molecule has 3 aromatic rings. The van der Waals surface area contributed by atoms with Crippen LogP contribution in [0, 0.1) is 5.92 Å². The number of ether oxygens (including phenoxy) is 1. The second kappa shape index (κ2) is 10.3. The second-order valence-corrected chi connectivity index (χ2v) is 7.43. The van der Waals surface area contributed by atoms with Crippen molar-refractivity contribution in [3.05, 3.63) is 95.6 Å². The molecule has 0 aromatic heterocycles. The number of benzene rings is 3. The largest absolute Gasteiger partial charge is 0.493 e. The molecule has 0 heterocycles. The van der Waals surface area contributed by atoms with Gasteiger partial charge in [-0.25, -0.2) is 0 Å². The minimum Gasteiger partial charge on any atom is -0.493 e. The fraction of sp³-hybridized carbons (Fsp3) is 0.200. The van der Waals surface area contributed by atoms with Crippen LogP contribution in [0.4, 0.5) is 5.69 Å². The van der Waals surface area contributed by atoms with Crippen molar-refractivity contribution in [2.24, 2.45) is 5.92 Å². The van der Waals surface area contributed by atoms with Crippen molar-refractivity contribution in [2.75, 3.05) is 11.9 Å². The Kier molecular flexibility index (Phi) is 7.22. The molecule has 0 unspecified atom stereocenters. The maximum Gasteiger partial charge on any atom is 0.255 e. The summed E-state index contributed by atoms with van der Waals surface area (Å²) in [5.74, 6) is 0.733. The number of nitrogens with one attached hydrogen (secondary N) is 2. The molecule has 0 aliphatic carbocycles. The highest BCUT2D eigenvalue weighted by molar-refractivity contribution is 6.05. The van der Waals surface area contributed by atoms with Gasteiger partial charge in [-0.05, 0) is 53.9 Å². The molecule has 2 amide bonds. The van der Waals surface area contributed by atoms with Crippen molar-refractivity contribution in [1.29, 1.82) is 0 Å². The summed E-state index contributed by atoms with van der Waals surface area (Å²) in [4.78, 5) is 25.0. The predicted octanol–water partition coefficient (Wildman–Crippen LogP) is 4.90. The Bertz CT molecular complexity index is 983. The molecule has 0 bridgehead atoms. The van der Waals surface area contributed by atoms with Crippen LogP contribution in [0.3, 0.4) is 0 Å². The lowest BCUT2D eigenvalue weighted by Crippen LogP contribution is -2.23. The Balaban J connectivity index is 1.58. The number of carbonyl (C=O) groups excluding carboxylic acids is 2. The van der Waals surface area contributed by atoms with Crippen LogP contribution >= 0.6 is 0 Å². The first-order chi connectivity index (χ1) is 14.5. The average molecular weight is 402 g/mol. The zero-order chi connectivity index (χ0) is 21.3. The van der Waals surface area contributed by atoms with E-state index in [2.05, 4.69) is 24.5 Å². The lowest BCUT2D eigenvalue weighted by molar-refractivity contribution is 0.0949. The molecular formula is C25H26N2O3. The van der Waals surface area contributed by atoms with Crippen molar-refractivity contribution in [3.63, 3.8) is 0 Å². The summed E-state index contributed by atoms with van der Waals surface area (Å²) in [7, 11) is 0. The molecule has 0 radical (unpaired) electrons. The Hall–Kier alpha value is -3.60. The first-order valence-electron chi connectivity index (χ1n) is 9.97. The molecule has 30 heavy (non-hydrogen) atoms. The third-order valence-corrected chi connectivity index (χ3v) is 4.38. The number of anilines is 1. The smallest absolute Gasteiger partial charge is 0.255 e. The Labute approximate surface area is 177 Å². The van der Waals surface area contributed by atoms with E-state index >= 15 is 0 Å². The monoisotopic (exact) mass is 402 g/mol. The van der Waals surface area contributed by atoms with E-state index in [1.165, 1.54) is 0 Å². The minimum atomic E-state index is -0.243. The third kappa shape index (κ3) is 6.21. The minimum absolute atomic E-state index is 0.193. The predicted molar refractivity (Wildman–Crippen MR) is 119 cm³/mol. The Morgan fingerprint density at radius 3 is 2.27 bits per heavy atom. The van der Waals surface area contributed by atoms with Crippen LogP contribution in [0.5, 0.6) is 5.75 Å². The summed E-state index contributed by atoms with van der Waals surface area (Å²) in [5, 5.41) is 5.73. The third-order valence-electron chi connectivity index (χ3n) is 4.38. The molecule has 0 atom stereocenters. The second-order valence-electron chi connectivity index (χ2n) is 7.43. The molecular weight excluding hydrogens is 376 g/mol. The summed E-state index contributed by atoms with van der Waals surface area (Å²) < 4.78 is 5.64. The van der Waals surface area contributed by atoms with E-state index in [9.17, 15) is 9.59 Å². The van der Waals surface area contributed by atoms with Gasteiger partial charge in [-0.15, -0.1) is 0 Å². The summed E-state index contributed by atoms with van der Waals surface area (Å²) in [5.41, 5.74) is 2.59. The summed E-state index contributed by atoms with van der Waals surface area (Å²) >= 11 is 0. The number of hydrogen-bond donors (Lipinski definition) is 2. The van der Waals surface area contributed by atoms with E-state index in [0.717, 1.165) is 11.3 Å². The van der Waals surface area contributed by atoms with Gasteiger partial charge in [0.2, 0.25) is 0 Å². The van der Waals surface area contributed by atoms with E-state index in [0.29, 0.717) is 35.9 Å². The van der Waals surface area contributed by atoms with Gasteiger partial charge in [-0.1, -0.05) is 50.2 Å². The molecule has 3 aromatic carbocycles. The van der Waals surface area contributed by atoms with Gasteiger partial charge in [0.15, 0.2) is 0 Å². The first-order valence-corrected chi connectivity index (χ1v) is 9.97. The normalized spacial score (nSPS) is 10.5. The first kappa shape index (κ1) is 21.1. The molecule has 0 aliphatic heterocycles. The van der Waals surface area contributed by atoms with Crippen molar-refractivity contribution in [1.82, 2.24) is 5.32 Å². The van der Waals surface area contributed by atoms with Crippen LogP contribution in [0.1, 0.15) is 40.1 Å². The van der Waals surface area contributed by atoms with E-state index in [-0.39, 0.29) is 11.8 Å². The lowest BCUT2D eigenvalue weighted by atomic mass is 10.1. The standard InChI is InChI=1S/C25H26N2O3/c1-18(2)17-30-23-13-11-20(12-14-23)25(29)27-22-10-6-9-21(15-22)24(28)26-16-19-7-4-3-5-8-19/h3-15,18H,16-17H2,1-2H3,(H,26,28)(H,27,29). The SMILES string of the molecule is CC(C)COc1ccc(C(=O)Nc2cccc(C(=O)NCc3ccccc3)c2)cc1. The maximum absolute atomic E-state index is 12.5. The average Bonchev–Trinajstić information content (AvgIpc) is 2.77. The van der Waals surface area contributed by atoms with E-state index in [4.69, 9.17) is 4.74 Å². The summed E-state index contributed by atoms with van der Waals surface area (Å²) in [6, 6.07) is 23.6. The van der Waals surface area contributed by atoms with Crippen LogP contribution in [0.2, 0.25) is 0 Å². The molecule has 0 spiro atoms. The topological polar surface area (TPSA) is 67.4 Å². The number of carbonyl (C=O) groups is 2. The van der Waals surface area contributed by atoms with Gasteiger partial charge >= 0.3 is 0 Å². The lowest BCUT2D eigenvalue weighted by Gasteiger charge is -2.10.